The van der Waals surface area contributed by atoms with E-state index in [2.05, 4.69) is 10.6 Å². The highest BCUT2D eigenvalue weighted by molar-refractivity contribution is 5.92. The second kappa shape index (κ2) is 6.00. The van der Waals surface area contributed by atoms with Gasteiger partial charge in [-0.25, -0.2) is 0 Å². The largest absolute Gasteiger partial charge is 0.326 e. The van der Waals surface area contributed by atoms with E-state index >= 15 is 0 Å². The molecule has 2 N–H and O–H groups in total. The third kappa shape index (κ3) is 3.33. The lowest BCUT2D eigenvalue weighted by atomic mass is 10.1. The Kier molecular flexibility index (Phi) is 4.34. The quantitative estimate of drug-likeness (QED) is 0.653. The minimum Gasteiger partial charge on any atom is -0.326 e. The van der Waals surface area contributed by atoms with Gasteiger partial charge in [-0.1, -0.05) is 0 Å². The topological polar surface area (TPSA) is 84.3 Å². The van der Waals surface area contributed by atoms with Gasteiger partial charge in [-0.05, 0) is 44.9 Å². The summed E-state index contributed by atoms with van der Waals surface area (Å²) >= 11 is 0. The van der Waals surface area contributed by atoms with Crippen LogP contribution < -0.4 is 10.6 Å². The number of hydrogen-bond acceptors (Lipinski definition) is 4. The minimum atomic E-state index is -0.406. The van der Waals surface area contributed by atoms with E-state index in [9.17, 15) is 14.9 Å². The van der Waals surface area contributed by atoms with Crippen LogP contribution in [0.1, 0.15) is 30.4 Å². The predicted molar refractivity (Wildman–Crippen MR) is 76.8 cm³/mol. The van der Waals surface area contributed by atoms with Gasteiger partial charge in [0.15, 0.2) is 0 Å². The minimum absolute atomic E-state index is 0.0549. The number of carbonyl (C=O) groups is 1. The summed E-state index contributed by atoms with van der Waals surface area (Å²) < 4.78 is 0. The zero-order valence-corrected chi connectivity index (χ0v) is 11.7. The Morgan fingerprint density at radius 2 is 2.20 bits per heavy atom. The molecule has 1 amide bonds. The van der Waals surface area contributed by atoms with Crippen molar-refractivity contribution < 1.29 is 9.72 Å². The molecule has 108 valence electrons. The number of rotatable bonds is 4. The second-order valence-corrected chi connectivity index (χ2v) is 5.26. The van der Waals surface area contributed by atoms with Crippen LogP contribution in [0.5, 0.6) is 0 Å². The molecule has 0 bridgehead atoms. The number of nitro groups is 1. The van der Waals surface area contributed by atoms with Crippen LogP contribution in [0.3, 0.4) is 0 Å². The van der Waals surface area contributed by atoms with Gasteiger partial charge in [-0.2, -0.15) is 0 Å². The van der Waals surface area contributed by atoms with Gasteiger partial charge in [0, 0.05) is 29.8 Å². The van der Waals surface area contributed by atoms with Crippen molar-refractivity contribution in [3.8, 4) is 0 Å². The average Bonchev–Trinajstić information content (AvgIpc) is 2.85. The number of hydrogen-bond donors (Lipinski definition) is 2. The normalized spacial score (nSPS) is 18.0. The monoisotopic (exact) mass is 277 g/mol. The first-order valence-corrected chi connectivity index (χ1v) is 6.76. The van der Waals surface area contributed by atoms with E-state index in [0.717, 1.165) is 19.4 Å². The second-order valence-electron chi connectivity index (χ2n) is 5.26. The molecule has 0 spiro atoms. The van der Waals surface area contributed by atoms with Crippen molar-refractivity contribution in [3.05, 3.63) is 33.4 Å². The molecule has 1 heterocycles. The summed E-state index contributed by atoms with van der Waals surface area (Å²) in [7, 11) is 0. The number of amides is 1. The number of carbonyl (C=O) groups excluding carboxylic acids is 1. The fraction of sp³-hybridized carbons (Fsp3) is 0.500. The van der Waals surface area contributed by atoms with Crippen LogP contribution in [0, 0.1) is 24.0 Å². The number of aryl methyl sites for hydroxylation is 2. The Balaban J connectivity index is 2.07. The molecule has 1 saturated heterocycles. The zero-order chi connectivity index (χ0) is 14.7. The molecule has 1 fully saturated rings. The molecular formula is C14H19N3O3. The van der Waals surface area contributed by atoms with Crippen LogP contribution >= 0.6 is 0 Å². The van der Waals surface area contributed by atoms with Gasteiger partial charge in [0.1, 0.15) is 0 Å². The van der Waals surface area contributed by atoms with Crippen LogP contribution in [0.4, 0.5) is 11.4 Å². The van der Waals surface area contributed by atoms with Gasteiger partial charge in [0.2, 0.25) is 5.91 Å². The SMILES string of the molecule is Cc1cc([N+](=O)[O-])c(C)cc1NC(=O)CC1CCCN1. The van der Waals surface area contributed by atoms with Crippen molar-refractivity contribution >= 4 is 17.3 Å². The molecule has 0 saturated carbocycles. The maximum atomic E-state index is 12.0. The molecule has 20 heavy (non-hydrogen) atoms. The van der Waals surface area contributed by atoms with Crippen molar-refractivity contribution in [3.63, 3.8) is 0 Å². The number of benzene rings is 1. The van der Waals surface area contributed by atoms with Gasteiger partial charge in [-0.15, -0.1) is 0 Å². The van der Waals surface area contributed by atoms with Gasteiger partial charge in [0.25, 0.3) is 5.69 Å². The Morgan fingerprint density at radius 1 is 1.45 bits per heavy atom. The third-order valence-electron chi connectivity index (χ3n) is 3.61. The Bertz CT molecular complexity index is 537. The molecule has 1 atom stereocenters. The highest BCUT2D eigenvalue weighted by Gasteiger charge is 2.19. The lowest BCUT2D eigenvalue weighted by molar-refractivity contribution is -0.385. The summed E-state index contributed by atoms with van der Waals surface area (Å²) in [6.07, 6.45) is 2.56. The average molecular weight is 277 g/mol. The van der Waals surface area contributed by atoms with E-state index in [4.69, 9.17) is 0 Å². The van der Waals surface area contributed by atoms with E-state index < -0.39 is 4.92 Å². The Labute approximate surface area is 117 Å². The third-order valence-corrected chi connectivity index (χ3v) is 3.61. The molecule has 2 rings (SSSR count). The molecule has 1 unspecified atom stereocenters. The van der Waals surface area contributed by atoms with Crippen molar-refractivity contribution in [2.75, 3.05) is 11.9 Å². The first kappa shape index (κ1) is 14.5. The standard InChI is InChI=1S/C14H19N3O3/c1-9-7-13(17(19)20)10(2)6-12(9)16-14(18)8-11-4-3-5-15-11/h6-7,11,15H,3-5,8H2,1-2H3,(H,16,18). The van der Waals surface area contributed by atoms with Crippen LogP contribution in [-0.4, -0.2) is 23.4 Å². The van der Waals surface area contributed by atoms with E-state index in [-0.39, 0.29) is 17.6 Å². The van der Waals surface area contributed by atoms with Gasteiger partial charge >= 0.3 is 0 Å². The summed E-state index contributed by atoms with van der Waals surface area (Å²) in [5.41, 5.74) is 1.99. The van der Waals surface area contributed by atoms with Gasteiger partial charge < -0.3 is 10.6 Å². The molecule has 0 aliphatic carbocycles. The van der Waals surface area contributed by atoms with Crippen molar-refractivity contribution in [2.24, 2.45) is 0 Å². The Morgan fingerprint density at radius 3 is 2.80 bits per heavy atom. The number of nitrogens with one attached hydrogen (secondary N) is 2. The maximum Gasteiger partial charge on any atom is 0.272 e. The highest BCUT2D eigenvalue weighted by atomic mass is 16.6. The van der Waals surface area contributed by atoms with E-state index in [1.165, 1.54) is 6.07 Å². The van der Waals surface area contributed by atoms with Crippen molar-refractivity contribution in [2.45, 2.75) is 39.2 Å². The summed E-state index contributed by atoms with van der Waals surface area (Å²) in [5.74, 6) is -0.0549. The highest BCUT2D eigenvalue weighted by Crippen LogP contribution is 2.26. The lowest BCUT2D eigenvalue weighted by Crippen LogP contribution is -2.27. The molecule has 1 aromatic carbocycles. The number of nitro benzene ring substituents is 1. The van der Waals surface area contributed by atoms with E-state index in [1.807, 2.05) is 0 Å². The zero-order valence-electron chi connectivity index (χ0n) is 11.7. The number of anilines is 1. The molecule has 1 aromatic rings. The van der Waals surface area contributed by atoms with Crippen molar-refractivity contribution in [1.82, 2.24) is 5.32 Å². The van der Waals surface area contributed by atoms with Gasteiger partial charge in [0.05, 0.1) is 4.92 Å². The molecule has 1 aliphatic rings. The molecule has 0 radical (unpaired) electrons. The molecule has 6 heteroatoms. The molecular weight excluding hydrogens is 258 g/mol. The first-order valence-electron chi connectivity index (χ1n) is 6.76. The molecule has 1 aliphatic heterocycles. The molecule has 0 aromatic heterocycles. The van der Waals surface area contributed by atoms with Crippen LogP contribution in [0.15, 0.2) is 12.1 Å². The fourth-order valence-electron chi connectivity index (χ4n) is 2.49. The van der Waals surface area contributed by atoms with Crippen molar-refractivity contribution in [1.29, 1.82) is 0 Å². The predicted octanol–water partition coefficient (Wildman–Crippen LogP) is 2.29. The smallest absolute Gasteiger partial charge is 0.272 e. The summed E-state index contributed by atoms with van der Waals surface area (Å²) in [5, 5.41) is 17.0. The summed E-state index contributed by atoms with van der Waals surface area (Å²) in [6, 6.07) is 3.40. The Hall–Kier alpha value is -1.95. The summed E-state index contributed by atoms with van der Waals surface area (Å²) in [4.78, 5) is 22.4. The summed E-state index contributed by atoms with van der Waals surface area (Å²) in [6.45, 7) is 4.40. The lowest BCUT2D eigenvalue weighted by Gasteiger charge is -2.12. The number of nitrogens with zero attached hydrogens (tertiary/aromatic N) is 1. The molecule has 6 nitrogen and oxygen atoms in total. The van der Waals surface area contributed by atoms with E-state index in [1.54, 1.807) is 19.9 Å². The van der Waals surface area contributed by atoms with E-state index in [0.29, 0.717) is 23.2 Å². The maximum absolute atomic E-state index is 12.0. The van der Waals surface area contributed by atoms with Crippen LogP contribution in [0.2, 0.25) is 0 Å². The van der Waals surface area contributed by atoms with Gasteiger partial charge in [-0.3, -0.25) is 14.9 Å². The van der Waals surface area contributed by atoms with Crippen LogP contribution in [-0.2, 0) is 4.79 Å². The van der Waals surface area contributed by atoms with Crippen LogP contribution in [0.25, 0.3) is 0 Å². The fourth-order valence-corrected chi connectivity index (χ4v) is 2.49. The first-order chi connectivity index (χ1) is 9.47.